The molecule has 0 aromatic rings. The van der Waals surface area contributed by atoms with Crippen molar-refractivity contribution in [2.24, 2.45) is 0 Å². The summed E-state index contributed by atoms with van der Waals surface area (Å²) < 4.78 is 16.8. The van der Waals surface area contributed by atoms with Crippen LogP contribution in [0.3, 0.4) is 0 Å². The first-order valence-electron chi connectivity index (χ1n) is 0.816. The molecule has 0 amide bonds. The summed E-state index contributed by atoms with van der Waals surface area (Å²) in [5.41, 5.74) is 0. The van der Waals surface area contributed by atoms with Gasteiger partial charge >= 0.3 is 45.5 Å². The van der Waals surface area contributed by atoms with Crippen LogP contribution in [0.1, 0.15) is 0 Å². The first-order valence-corrected chi connectivity index (χ1v) is 2.45. The molecular weight excluding hydrogens is 214 g/mol. The van der Waals surface area contributed by atoms with E-state index < -0.39 is 17.4 Å². The molecule has 4 nitrogen and oxygen atoms in total. The Labute approximate surface area is 80.8 Å². The summed E-state index contributed by atoms with van der Waals surface area (Å²) in [6, 6.07) is 0. The van der Waals surface area contributed by atoms with Gasteiger partial charge in [0.15, 0.2) is 0 Å². The Kier molecular flexibility index (Phi) is 57.8. The molecule has 7 heteroatoms. The number of hydrogen-bond donors (Lipinski definition) is 0. The van der Waals surface area contributed by atoms with Gasteiger partial charge in [-0.15, -0.1) is 0 Å². The largest absolute Gasteiger partial charge is 2.00 e. The van der Waals surface area contributed by atoms with Crippen molar-refractivity contribution < 1.29 is 18.9 Å². The molecule has 2 unspecified atom stereocenters. The Hall–Kier alpha value is 1.60. The van der Waals surface area contributed by atoms with E-state index in [1.165, 1.54) is 0 Å². The van der Waals surface area contributed by atoms with E-state index in [0.717, 1.165) is 0 Å². The van der Waals surface area contributed by atoms with Crippen LogP contribution < -0.4 is 9.79 Å². The minimum atomic E-state index is -1.42. The van der Waals surface area contributed by atoms with Gasteiger partial charge in [0.05, 0.1) is 0 Å². The minimum Gasteiger partial charge on any atom is -0.597 e. The van der Waals surface area contributed by atoms with Crippen LogP contribution in [0.5, 0.6) is 0 Å². The molecule has 0 radical (unpaired) electrons. The Morgan fingerprint density at radius 2 is 1.00 bits per heavy atom. The topological polar surface area (TPSA) is 80.3 Å². The van der Waals surface area contributed by atoms with Crippen LogP contribution in [0, 0.1) is 0 Å². The van der Waals surface area contributed by atoms with Gasteiger partial charge in [0.2, 0.25) is 0 Å². The average molecular weight is 216 g/mol. The maximum absolute atomic E-state index is 8.40. The Morgan fingerprint density at radius 3 is 1.00 bits per heavy atom. The molecule has 0 fully saturated rings. The molecule has 0 bridgehead atoms. The second-order valence-electron chi connectivity index (χ2n) is 0.167. The maximum Gasteiger partial charge on any atom is 2.00 e. The van der Waals surface area contributed by atoms with Crippen LogP contribution in [0.15, 0.2) is 0 Å². The van der Waals surface area contributed by atoms with Crippen LogP contribution in [0.4, 0.5) is 0 Å². The third-order valence-electron chi connectivity index (χ3n) is 0. The van der Waals surface area contributed by atoms with E-state index in [4.69, 9.17) is 18.9 Å². The van der Waals surface area contributed by atoms with Gasteiger partial charge in [0.1, 0.15) is 0 Å². The molecule has 0 aliphatic rings. The Bertz CT molecular complexity index is 30.7. The van der Waals surface area contributed by atoms with Crippen LogP contribution in [0.25, 0.3) is 0 Å². The van der Waals surface area contributed by atoms with Gasteiger partial charge in [-0.3, -0.25) is 0 Å². The summed E-state index contributed by atoms with van der Waals surface area (Å²) in [5.74, 6) is 0. The minimum absolute atomic E-state index is 0. The fourth-order valence-electron chi connectivity index (χ4n) is 0. The monoisotopic (exact) mass is 216 g/mol. The quantitative estimate of drug-likeness (QED) is 0.352. The SMILES string of the molecule is O=[PH+][O-].O=[PH+][O-].[Sr+2]. The van der Waals surface area contributed by atoms with E-state index >= 15 is 0 Å². The van der Waals surface area contributed by atoms with Gasteiger partial charge in [0.25, 0.3) is 17.4 Å². The smallest absolute Gasteiger partial charge is 0.597 e. The van der Waals surface area contributed by atoms with Gasteiger partial charge in [-0.05, 0) is 0 Å². The van der Waals surface area contributed by atoms with Gasteiger partial charge in [-0.25, -0.2) is 0 Å². The molecule has 0 saturated carbocycles. The van der Waals surface area contributed by atoms with E-state index in [9.17, 15) is 0 Å². The third kappa shape index (κ3) is 93.1. The summed E-state index contributed by atoms with van der Waals surface area (Å²) in [5, 5.41) is 0. The number of rotatable bonds is 0. The first kappa shape index (κ1) is 15.8. The van der Waals surface area contributed by atoms with E-state index in [0.29, 0.717) is 0 Å². The van der Waals surface area contributed by atoms with Crippen LogP contribution in [0.2, 0.25) is 0 Å². The normalized spacial score (nSPS) is 6.00. The van der Waals surface area contributed by atoms with Gasteiger partial charge in [0, 0.05) is 0 Å². The van der Waals surface area contributed by atoms with Crippen molar-refractivity contribution in [3.8, 4) is 0 Å². The zero-order valence-corrected chi connectivity index (χ0v) is 8.82. The van der Waals surface area contributed by atoms with E-state index in [-0.39, 0.29) is 45.5 Å². The van der Waals surface area contributed by atoms with Crippen molar-refractivity contribution in [3.63, 3.8) is 0 Å². The third-order valence-corrected chi connectivity index (χ3v) is 0. The second kappa shape index (κ2) is 25.5. The fraction of sp³-hybridized carbons (Fsp3) is 0. The molecule has 0 aliphatic heterocycles. The van der Waals surface area contributed by atoms with Gasteiger partial charge in [-0.2, -0.15) is 0 Å². The van der Waals surface area contributed by atoms with E-state index in [1.807, 2.05) is 0 Å². The molecule has 0 aromatic carbocycles. The molecule has 2 atom stereocenters. The molecule has 0 aliphatic carbocycles. The molecule has 36 valence electrons. The maximum atomic E-state index is 8.40. The summed E-state index contributed by atoms with van der Waals surface area (Å²) in [7, 11) is -2.83. The molecule has 0 spiro atoms. The fourth-order valence-corrected chi connectivity index (χ4v) is 0. The molecular formula is H2O4P2Sr+2. The van der Waals surface area contributed by atoms with Crippen LogP contribution in [-0.4, -0.2) is 45.5 Å². The molecule has 0 aromatic heterocycles. The van der Waals surface area contributed by atoms with E-state index in [2.05, 4.69) is 0 Å². The molecule has 0 saturated heterocycles. The second-order valence-corrected chi connectivity index (χ2v) is 0.500. The first-order chi connectivity index (χ1) is 2.83. The van der Waals surface area contributed by atoms with Crippen molar-refractivity contribution in [1.29, 1.82) is 0 Å². The van der Waals surface area contributed by atoms with Gasteiger partial charge in [-0.1, -0.05) is 9.13 Å². The summed E-state index contributed by atoms with van der Waals surface area (Å²) >= 11 is 0. The van der Waals surface area contributed by atoms with Gasteiger partial charge < -0.3 is 9.79 Å². The predicted molar refractivity (Wildman–Crippen MR) is 23.8 cm³/mol. The van der Waals surface area contributed by atoms with Crippen molar-refractivity contribution in [2.45, 2.75) is 0 Å². The number of hydrogen-bond acceptors (Lipinski definition) is 4. The Morgan fingerprint density at radius 1 is 1.00 bits per heavy atom. The summed E-state index contributed by atoms with van der Waals surface area (Å²) in [6.07, 6.45) is 0. The zero-order chi connectivity index (χ0) is 5.41. The summed E-state index contributed by atoms with van der Waals surface area (Å²) in [4.78, 5) is 16.8. The van der Waals surface area contributed by atoms with Crippen molar-refractivity contribution in [3.05, 3.63) is 0 Å². The molecule has 0 N–H and O–H groups in total. The van der Waals surface area contributed by atoms with Crippen molar-refractivity contribution in [2.75, 3.05) is 0 Å². The summed E-state index contributed by atoms with van der Waals surface area (Å²) in [6.45, 7) is 0. The van der Waals surface area contributed by atoms with E-state index in [1.54, 1.807) is 0 Å². The molecule has 0 heterocycles. The van der Waals surface area contributed by atoms with Crippen LogP contribution >= 0.6 is 17.4 Å². The molecule has 7 heavy (non-hydrogen) atoms. The average Bonchev–Trinajstić information content (AvgIpc) is 1.39. The van der Waals surface area contributed by atoms with Crippen molar-refractivity contribution >= 4 is 62.9 Å². The predicted octanol–water partition coefficient (Wildman–Crippen LogP) is -1.81. The zero-order valence-electron chi connectivity index (χ0n) is 3.34. The van der Waals surface area contributed by atoms with Crippen LogP contribution in [-0.2, 0) is 9.13 Å². The molecule has 0 rings (SSSR count). The van der Waals surface area contributed by atoms with Crippen molar-refractivity contribution in [1.82, 2.24) is 0 Å². The Balaban J connectivity index is -0.0000000400. The standard InChI is InChI=1S/2HO2P.Sr/c2*1-3-2;/h2*3H;/q;;+2.